The summed E-state index contributed by atoms with van der Waals surface area (Å²) in [6.45, 7) is 0.679. The predicted molar refractivity (Wildman–Crippen MR) is 98.1 cm³/mol. The fourth-order valence-electron chi connectivity index (χ4n) is 2.19. The van der Waals surface area contributed by atoms with Crippen LogP contribution >= 0.6 is 23.2 Å². The second kappa shape index (κ2) is 7.47. The van der Waals surface area contributed by atoms with Crippen molar-refractivity contribution in [3.8, 4) is 0 Å². The average Bonchev–Trinajstić information content (AvgIpc) is 2.59. The van der Waals surface area contributed by atoms with Gasteiger partial charge < -0.3 is 10.2 Å². The monoisotopic (exact) mass is 359 g/mol. The molecule has 0 bridgehead atoms. The Balaban J connectivity index is 1.79. The van der Waals surface area contributed by atoms with Gasteiger partial charge >= 0.3 is 0 Å². The Morgan fingerprint density at radius 2 is 1.71 bits per heavy atom. The van der Waals surface area contributed by atoms with E-state index in [0.717, 1.165) is 5.56 Å². The number of para-hydroxylation sites is 1. The second-order valence-electron chi connectivity index (χ2n) is 5.20. The molecule has 0 atom stereocenters. The number of halogens is 2. The predicted octanol–water partition coefficient (Wildman–Crippen LogP) is 4.56. The summed E-state index contributed by atoms with van der Waals surface area (Å²) in [7, 11) is 1.91. The van der Waals surface area contributed by atoms with Gasteiger partial charge in [-0.1, -0.05) is 59.6 Å². The molecule has 1 N–H and O–H groups in total. The van der Waals surface area contributed by atoms with Crippen LogP contribution in [0.3, 0.4) is 0 Å². The van der Waals surface area contributed by atoms with Crippen molar-refractivity contribution in [3.63, 3.8) is 0 Å². The van der Waals surface area contributed by atoms with Crippen molar-refractivity contribution in [1.29, 1.82) is 0 Å². The lowest BCUT2D eigenvalue weighted by Gasteiger charge is -2.17. The summed E-state index contributed by atoms with van der Waals surface area (Å²) < 4.78 is 0. The molecule has 0 unspecified atom stereocenters. The fraction of sp³-hybridized carbons (Fsp3) is 0.118. The highest BCUT2D eigenvalue weighted by atomic mass is 35.5. The molecule has 0 aliphatic rings. The summed E-state index contributed by atoms with van der Waals surface area (Å²) in [5.74, 6) is 1.03. The van der Waals surface area contributed by atoms with E-state index in [1.54, 1.807) is 18.2 Å². The molecular weight excluding hydrogens is 345 g/mol. The highest BCUT2D eigenvalue weighted by molar-refractivity contribution is 6.39. The zero-order valence-corrected chi connectivity index (χ0v) is 14.5. The third-order valence-electron chi connectivity index (χ3n) is 3.37. The Bertz CT molecular complexity index is 806. The lowest BCUT2D eigenvalue weighted by atomic mass is 10.2. The molecule has 3 aromatic rings. The van der Waals surface area contributed by atoms with E-state index in [9.17, 15) is 0 Å². The molecule has 0 fully saturated rings. The maximum Gasteiger partial charge on any atom is 0.247 e. The summed E-state index contributed by atoms with van der Waals surface area (Å²) >= 11 is 12.3. The van der Waals surface area contributed by atoms with Crippen LogP contribution in [0, 0.1) is 0 Å². The smallest absolute Gasteiger partial charge is 0.247 e. The average molecular weight is 360 g/mol. The van der Waals surface area contributed by atoms with E-state index >= 15 is 0 Å². The van der Waals surface area contributed by atoms with E-state index in [0.29, 0.717) is 34.0 Å². The van der Waals surface area contributed by atoms with Crippen LogP contribution in [0.25, 0.3) is 0 Å². The topological polar surface area (TPSA) is 53.9 Å². The first-order valence-corrected chi connectivity index (χ1v) is 8.05. The van der Waals surface area contributed by atoms with Crippen LogP contribution in [0.4, 0.5) is 17.5 Å². The minimum absolute atomic E-state index is 0.507. The summed E-state index contributed by atoms with van der Waals surface area (Å²) in [6.07, 6.45) is 1.53. The molecule has 1 heterocycles. The standard InChI is InChI=1S/C17H15Cl2N5/c1-24(11-12-6-3-2-4-7-12)17-22-15(10-20-23-17)21-16-13(18)8-5-9-14(16)19/h2-10H,11H2,1H3,(H,21,22,23). The molecule has 0 spiro atoms. The Hall–Kier alpha value is -2.37. The Morgan fingerprint density at radius 3 is 2.42 bits per heavy atom. The number of aromatic nitrogens is 3. The van der Waals surface area contributed by atoms with Crippen molar-refractivity contribution in [2.24, 2.45) is 0 Å². The van der Waals surface area contributed by atoms with Gasteiger partial charge in [-0.3, -0.25) is 0 Å². The van der Waals surface area contributed by atoms with Crippen LogP contribution < -0.4 is 10.2 Å². The number of nitrogens with zero attached hydrogens (tertiary/aromatic N) is 4. The van der Waals surface area contributed by atoms with Crippen LogP contribution in [-0.4, -0.2) is 22.2 Å². The maximum atomic E-state index is 6.17. The fourth-order valence-corrected chi connectivity index (χ4v) is 2.68. The first kappa shape index (κ1) is 16.5. The molecule has 122 valence electrons. The number of benzene rings is 2. The van der Waals surface area contributed by atoms with E-state index in [1.165, 1.54) is 6.20 Å². The molecule has 1 aromatic heterocycles. The molecule has 0 radical (unpaired) electrons. The maximum absolute atomic E-state index is 6.17. The first-order chi connectivity index (χ1) is 11.6. The van der Waals surface area contributed by atoms with Crippen molar-refractivity contribution in [2.75, 3.05) is 17.3 Å². The molecule has 0 amide bonds. The molecule has 7 heteroatoms. The summed E-state index contributed by atoms with van der Waals surface area (Å²) in [5.41, 5.74) is 1.76. The number of hydrogen-bond donors (Lipinski definition) is 1. The van der Waals surface area contributed by atoms with Gasteiger partial charge in [-0.05, 0) is 17.7 Å². The van der Waals surface area contributed by atoms with Gasteiger partial charge in [0.2, 0.25) is 5.95 Å². The van der Waals surface area contributed by atoms with Gasteiger partial charge in [-0.15, -0.1) is 5.10 Å². The van der Waals surface area contributed by atoms with Gasteiger partial charge in [0.05, 0.1) is 21.9 Å². The van der Waals surface area contributed by atoms with E-state index in [-0.39, 0.29) is 0 Å². The molecule has 0 saturated carbocycles. The Morgan fingerprint density at radius 1 is 1.00 bits per heavy atom. The molecule has 2 aromatic carbocycles. The SMILES string of the molecule is CN(Cc1ccccc1)c1nncc(Nc2c(Cl)cccc2Cl)n1. The van der Waals surface area contributed by atoms with Crippen molar-refractivity contribution < 1.29 is 0 Å². The minimum Gasteiger partial charge on any atom is -0.338 e. The van der Waals surface area contributed by atoms with Crippen molar-refractivity contribution in [3.05, 3.63) is 70.3 Å². The molecule has 0 saturated heterocycles. The van der Waals surface area contributed by atoms with Crippen LogP contribution in [0.2, 0.25) is 10.0 Å². The van der Waals surface area contributed by atoms with Crippen molar-refractivity contribution >= 4 is 40.7 Å². The zero-order chi connectivity index (χ0) is 16.9. The molecular formula is C17H15Cl2N5. The summed E-state index contributed by atoms with van der Waals surface area (Å²) in [6, 6.07) is 15.4. The number of hydrogen-bond acceptors (Lipinski definition) is 5. The Labute approximate surface area is 150 Å². The highest BCUT2D eigenvalue weighted by Gasteiger charge is 2.10. The van der Waals surface area contributed by atoms with Gasteiger partial charge in [0.25, 0.3) is 0 Å². The number of anilines is 3. The van der Waals surface area contributed by atoms with Gasteiger partial charge in [-0.2, -0.15) is 10.1 Å². The lowest BCUT2D eigenvalue weighted by molar-refractivity contribution is 0.831. The van der Waals surface area contributed by atoms with Crippen LogP contribution in [0.15, 0.2) is 54.7 Å². The largest absolute Gasteiger partial charge is 0.338 e. The van der Waals surface area contributed by atoms with Crippen LogP contribution in [-0.2, 0) is 6.54 Å². The van der Waals surface area contributed by atoms with E-state index in [4.69, 9.17) is 23.2 Å². The number of rotatable bonds is 5. The summed E-state index contributed by atoms with van der Waals surface area (Å²) in [5, 5.41) is 12.2. The normalized spacial score (nSPS) is 10.5. The van der Waals surface area contributed by atoms with E-state index in [2.05, 4.69) is 32.6 Å². The van der Waals surface area contributed by atoms with Gasteiger partial charge in [0.1, 0.15) is 0 Å². The summed E-state index contributed by atoms with van der Waals surface area (Å²) in [4.78, 5) is 6.39. The quantitative estimate of drug-likeness (QED) is 0.723. The van der Waals surface area contributed by atoms with E-state index in [1.807, 2.05) is 30.1 Å². The molecule has 0 aliphatic carbocycles. The highest BCUT2D eigenvalue weighted by Crippen LogP contribution is 2.32. The van der Waals surface area contributed by atoms with Crippen molar-refractivity contribution in [2.45, 2.75) is 6.54 Å². The molecule has 24 heavy (non-hydrogen) atoms. The number of nitrogens with one attached hydrogen (secondary N) is 1. The van der Waals surface area contributed by atoms with Crippen LogP contribution in [0.5, 0.6) is 0 Å². The van der Waals surface area contributed by atoms with Crippen molar-refractivity contribution in [1.82, 2.24) is 15.2 Å². The molecule has 3 rings (SSSR count). The minimum atomic E-state index is 0.507. The third kappa shape index (κ3) is 3.93. The Kier molecular flexibility index (Phi) is 5.13. The zero-order valence-electron chi connectivity index (χ0n) is 12.9. The van der Waals surface area contributed by atoms with Gasteiger partial charge in [0, 0.05) is 13.6 Å². The lowest BCUT2D eigenvalue weighted by Crippen LogP contribution is -2.20. The van der Waals surface area contributed by atoms with E-state index < -0.39 is 0 Å². The van der Waals surface area contributed by atoms with Gasteiger partial charge in [0.15, 0.2) is 5.82 Å². The first-order valence-electron chi connectivity index (χ1n) is 7.29. The third-order valence-corrected chi connectivity index (χ3v) is 4.00. The van der Waals surface area contributed by atoms with Gasteiger partial charge in [-0.25, -0.2) is 0 Å². The second-order valence-corrected chi connectivity index (χ2v) is 6.02. The molecule has 5 nitrogen and oxygen atoms in total. The van der Waals surface area contributed by atoms with Crippen LogP contribution in [0.1, 0.15) is 5.56 Å². The molecule has 0 aliphatic heterocycles.